The third-order valence-corrected chi connectivity index (χ3v) is 4.19. The second-order valence-corrected chi connectivity index (χ2v) is 6.26. The second kappa shape index (κ2) is 7.01. The molecule has 1 heterocycles. The summed E-state index contributed by atoms with van der Waals surface area (Å²) in [6.07, 6.45) is 3.24. The average Bonchev–Trinajstić information content (AvgIpc) is 2.66. The average molecular weight is 284 g/mol. The van der Waals surface area contributed by atoms with Gasteiger partial charge < -0.3 is 10.4 Å². The van der Waals surface area contributed by atoms with E-state index in [9.17, 15) is 9.90 Å². The van der Waals surface area contributed by atoms with Gasteiger partial charge in [0.25, 0.3) is 5.91 Å². The molecule has 0 saturated carbocycles. The normalized spacial score (nSPS) is 11.6. The molecule has 0 aliphatic carbocycles. The van der Waals surface area contributed by atoms with E-state index < -0.39 is 5.60 Å². The molecule has 0 aliphatic rings. The molecule has 4 nitrogen and oxygen atoms in total. The molecule has 0 spiro atoms. The molecule has 0 unspecified atom stereocenters. The molecule has 0 saturated heterocycles. The van der Waals surface area contributed by atoms with E-state index in [2.05, 4.69) is 10.3 Å². The maximum absolute atomic E-state index is 12.1. The highest BCUT2D eigenvalue weighted by molar-refractivity contribution is 7.13. The number of thiazole rings is 1. The number of nitrogens with one attached hydrogen (secondary N) is 1. The maximum atomic E-state index is 12.1. The Morgan fingerprint density at radius 2 is 1.89 bits per heavy atom. The van der Waals surface area contributed by atoms with Crippen LogP contribution in [0.1, 0.15) is 59.9 Å². The zero-order valence-corrected chi connectivity index (χ0v) is 13.1. The van der Waals surface area contributed by atoms with E-state index in [1.54, 1.807) is 0 Å². The molecule has 1 amide bonds. The van der Waals surface area contributed by atoms with Crippen LogP contribution < -0.4 is 5.32 Å². The summed E-state index contributed by atoms with van der Waals surface area (Å²) in [5.74, 6) is -0.131. The predicted molar refractivity (Wildman–Crippen MR) is 78.7 cm³/mol. The molecule has 1 aromatic rings. The summed E-state index contributed by atoms with van der Waals surface area (Å²) in [6, 6.07) is 0. The number of carbonyl (C=O) groups is 1. The van der Waals surface area contributed by atoms with Crippen molar-refractivity contribution in [2.24, 2.45) is 0 Å². The van der Waals surface area contributed by atoms with Crippen LogP contribution in [0.5, 0.6) is 0 Å². The zero-order chi connectivity index (χ0) is 14.5. The summed E-state index contributed by atoms with van der Waals surface area (Å²) >= 11 is 1.39. The Hall–Kier alpha value is -0.940. The van der Waals surface area contributed by atoms with Crippen LogP contribution >= 0.6 is 11.3 Å². The van der Waals surface area contributed by atoms with Crippen LogP contribution in [0.4, 0.5) is 0 Å². The molecule has 0 bridgehead atoms. The van der Waals surface area contributed by atoms with Crippen molar-refractivity contribution >= 4 is 17.2 Å². The number of aromatic nitrogens is 1. The number of aliphatic hydroxyl groups is 1. The van der Waals surface area contributed by atoms with Crippen LogP contribution in [0.3, 0.4) is 0 Å². The van der Waals surface area contributed by atoms with Gasteiger partial charge in [-0.05, 0) is 26.7 Å². The minimum atomic E-state index is -0.785. The minimum absolute atomic E-state index is 0.131. The number of amides is 1. The van der Waals surface area contributed by atoms with Crippen LogP contribution in [0.25, 0.3) is 0 Å². The predicted octanol–water partition coefficient (Wildman–Crippen LogP) is 2.82. The number of aryl methyl sites for hydroxylation is 2. The van der Waals surface area contributed by atoms with E-state index in [1.165, 1.54) is 11.3 Å². The zero-order valence-electron chi connectivity index (χ0n) is 12.2. The first-order valence-corrected chi connectivity index (χ1v) is 7.68. The SMILES string of the molecule is CCCC(O)(CCC)CNC(=O)c1sc(C)nc1C. The Morgan fingerprint density at radius 1 is 1.32 bits per heavy atom. The second-order valence-electron chi connectivity index (χ2n) is 5.05. The highest BCUT2D eigenvalue weighted by atomic mass is 32.1. The number of nitrogens with zero attached hydrogens (tertiary/aromatic N) is 1. The van der Waals surface area contributed by atoms with Crippen molar-refractivity contribution in [3.8, 4) is 0 Å². The number of hydrogen-bond acceptors (Lipinski definition) is 4. The fraction of sp³-hybridized carbons (Fsp3) is 0.714. The van der Waals surface area contributed by atoms with Crippen molar-refractivity contribution in [1.29, 1.82) is 0 Å². The van der Waals surface area contributed by atoms with E-state index in [0.717, 1.165) is 23.5 Å². The van der Waals surface area contributed by atoms with Crippen LogP contribution in [0.15, 0.2) is 0 Å². The molecule has 0 aromatic carbocycles. The van der Waals surface area contributed by atoms with Gasteiger partial charge in [-0.1, -0.05) is 26.7 Å². The van der Waals surface area contributed by atoms with Gasteiger partial charge in [0.05, 0.1) is 16.3 Å². The van der Waals surface area contributed by atoms with Crippen molar-refractivity contribution < 1.29 is 9.90 Å². The third-order valence-electron chi connectivity index (χ3n) is 3.12. The number of hydrogen-bond donors (Lipinski definition) is 2. The maximum Gasteiger partial charge on any atom is 0.263 e. The molecule has 0 aliphatic heterocycles. The minimum Gasteiger partial charge on any atom is -0.388 e. The summed E-state index contributed by atoms with van der Waals surface area (Å²) in [7, 11) is 0. The van der Waals surface area contributed by atoms with Gasteiger partial charge in [-0.25, -0.2) is 4.98 Å². The van der Waals surface area contributed by atoms with E-state index >= 15 is 0 Å². The van der Waals surface area contributed by atoms with Crippen LogP contribution in [0.2, 0.25) is 0 Å². The first-order valence-electron chi connectivity index (χ1n) is 6.86. The Balaban J connectivity index is 2.64. The van der Waals surface area contributed by atoms with Crippen molar-refractivity contribution in [2.75, 3.05) is 6.54 Å². The van der Waals surface area contributed by atoms with E-state index in [0.29, 0.717) is 24.3 Å². The topological polar surface area (TPSA) is 62.2 Å². The van der Waals surface area contributed by atoms with Crippen molar-refractivity contribution in [2.45, 2.75) is 59.0 Å². The summed E-state index contributed by atoms with van der Waals surface area (Å²) < 4.78 is 0. The van der Waals surface area contributed by atoms with Gasteiger partial charge in [-0.2, -0.15) is 0 Å². The molecule has 19 heavy (non-hydrogen) atoms. The summed E-state index contributed by atoms with van der Waals surface area (Å²) in [4.78, 5) is 17.0. The smallest absolute Gasteiger partial charge is 0.263 e. The monoisotopic (exact) mass is 284 g/mol. The van der Waals surface area contributed by atoms with Gasteiger partial charge in [0.1, 0.15) is 4.88 Å². The Bertz CT molecular complexity index is 423. The first kappa shape index (κ1) is 16.1. The Kier molecular flexibility index (Phi) is 5.94. The van der Waals surface area contributed by atoms with E-state index in [4.69, 9.17) is 0 Å². The molecule has 1 rings (SSSR count). The first-order chi connectivity index (χ1) is 8.91. The Morgan fingerprint density at radius 3 is 2.32 bits per heavy atom. The summed E-state index contributed by atoms with van der Waals surface area (Å²) in [5.41, 5.74) is -0.0261. The highest BCUT2D eigenvalue weighted by Gasteiger charge is 2.26. The van der Waals surface area contributed by atoms with Gasteiger partial charge in [0.2, 0.25) is 0 Å². The van der Waals surface area contributed by atoms with Crippen LogP contribution in [0, 0.1) is 13.8 Å². The molecule has 5 heteroatoms. The summed E-state index contributed by atoms with van der Waals surface area (Å²) in [6.45, 7) is 8.11. The number of carbonyl (C=O) groups excluding carboxylic acids is 1. The van der Waals surface area contributed by atoms with E-state index in [-0.39, 0.29) is 5.91 Å². The fourth-order valence-corrected chi connectivity index (χ4v) is 3.14. The Labute approximate surface area is 119 Å². The molecular formula is C14H24N2O2S. The lowest BCUT2D eigenvalue weighted by Gasteiger charge is -2.27. The molecule has 2 N–H and O–H groups in total. The van der Waals surface area contributed by atoms with Gasteiger partial charge in [-0.3, -0.25) is 4.79 Å². The van der Waals surface area contributed by atoms with Gasteiger partial charge >= 0.3 is 0 Å². The quantitative estimate of drug-likeness (QED) is 0.809. The molecule has 0 fully saturated rings. The molecule has 0 atom stereocenters. The lowest BCUT2D eigenvalue weighted by Crippen LogP contribution is -2.42. The molecular weight excluding hydrogens is 260 g/mol. The van der Waals surface area contributed by atoms with Crippen molar-refractivity contribution in [3.05, 3.63) is 15.6 Å². The summed E-state index contributed by atoms with van der Waals surface area (Å²) in [5, 5.41) is 14.2. The molecule has 108 valence electrons. The van der Waals surface area contributed by atoms with Gasteiger partial charge in [0, 0.05) is 6.54 Å². The fourth-order valence-electron chi connectivity index (χ4n) is 2.30. The van der Waals surface area contributed by atoms with Crippen LogP contribution in [-0.2, 0) is 0 Å². The van der Waals surface area contributed by atoms with Crippen molar-refractivity contribution in [1.82, 2.24) is 10.3 Å². The lowest BCUT2D eigenvalue weighted by molar-refractivity contribution is 0.0213. The largest absolute Gasteiger partial charge is 0.388 e. The highest BCUT2D eigenvalue weighted by Crippen LogP contribution is 2.20. The lowest BCUT2D eigenvalue weighted by atomic mass is 9.92. The van der Waals surface area contributed by atoms with Crippen LogP contribution in [-0.4, -0.2) is 28.1 Å². The molecule has 1 aromatic heterocycles. The third kappa shape index (κ3) is 4.58. The molecule has 0 radical (unpaired) electrons. The standard InChI is InChI=1S/C14H24N2O2S/c1-5-7-14(18,8-6-2)9-15-13(17)12-10(3)16-11(4)19-12/h18H,5-9H2,1-4H3,(H,15,17). The van der Waals surface area contributed by atoms with E-state index in [1.807, 2.05) is 27.7 Å². The number of rotatable bonds is 7. The van der Waals surface area contributed by atoms with Gasteiger partial charge in [0.15, 0.2) is 0 Å². The van der Waals surface area contributed by atoms with Crippen molar-refractivity contribution in [3.63, 3.8) is 0 Å². The van der Waals surface area contributed by atoms with Gasteiger partial charge in [-0.15, -0.1) is 11.3 Å².